The summed E-state index contributed by atoms with van der Waals surface area (Å²) in [7, 11) is 0. The Morgan fingerprint density at radius 3 is 1.74 bits per heavy atom. The predicted octanol–water partition coefficient (Wildman–Crippen LogP) is 6.14. The zero-order chi connectivity index (χ0) is 14.2. The summed E-state index contributed by atoms with van der Waals surface area (Å²) in [5.41, 5.74) is 0. The molecule has 19 heavy (non-hydrogen) atoms. The first-order valence-electron chi connectivity index (χ1n) is 8.46. The van der Waals surface area contributed by atoms with Crippen molar-refractivity contribution in [2.45, 2.75) is 84.5 Å². The molecule has 0 fully saturated rings. The largest absolute Gasteiger partial charge is 0.377 e. The molecule has 114 valence electrons. The molecule has 1 heteroatoms. The van der Waals surface area contributed by atoms with E-state index in [4.69, 9.17) is 4.74 Å². The highest BCUT2D eigenvalue weighted by atomic mass is 16.5. The molecule has 0 N–H and O–H groups in total. The molecular formula is C18H36O. The molecule has 0 aromatic carbocycles. The van der Waals surface area contributed by atoms with Crippen LogP contribution < -0.4 is 0 Å². The Bertz CT molecular complexity index is 175. The molecule has 0 rings (SSSR count). The minimum Gasteiger partial charge on any atom is -0.377 e. The maximum Gasteiger partial charge on any atom is 0.0644 e. The fraction of sp³-hybridized carbons (Fsp3) is 0.889. The highest BCUT2D eigenvalue weighted by Crippen LogP contribution is 2.13. The molecule has 0 unspecified atom stereocenters. The van der Waals surface area contributed by atoms with Crippen LogP contribution in [0.3, 0.4) is 0 Å². The van der Waals surface area contributed by atoms with Crippen molar-refractivity contribution in [1.29, 1.82) is 0 Å². The lowest BCUT2D eigenvalue weighted by Gasteiger charge is -2.05. The molecule has 0 bridgehead atoms. The lowest BCUT2D eigenvalue weighted by molar-refractivity contribution is 0.157. The van der Waals surface area contributed by atoms with Crippen molar-refractivity contribution in [3.63, 3.8) is 0 Å². The van der Waals surface area contributed by atoms with Gasteiger partial charge in [0.1, 0.15) is 0 Å². The summed E-state index contributed by atoms with van der Waals surface area (Å²) in [5, 5.41) is 0. The van der Waals surface area contributed by atoms with Gasteiger partial charge in [0.2, 0.25) is 0 Å². The summed E-state index contributed by atoms with van der Waals surface area (Å²) in [5.74, 6) is 0.885. The molecule has 0 aromatic rings. The van der Waals surface area contributed by atoms with Crippen LogP contribution in [0, 0.1) is 5.92 Å². The minimum absolute atomic E-state index is 0.705. The topological polar surface area (TPSA) is 9.23 Å². The Hall–Kier alpha value is -0.300. The molecule has 0 radical (unpaired) electrons. The Morgan fingerprint density at radius 1 is 0.789 bits per heavy atom. The second-order valence-corrected chi connectivity index (χ2v) is 6.08. The van der Waals surface area contributed by atoms with Crippen LogP contribution in [0.5, 0.6) is 0 Å². The van der Waals surface area contributed by atoms with Gasteiger partial charge in [0.05, 0.1) is 6.61 Å². The Kier molecular flexibility index (Phi) is 15.5. The summed E-state index contributed by atoms with van der Waals surface area (Å²) < 4.78 is 5.36. The van der Waals surface area contributed by atoms with E-state index < -0.39 is 0 Å². The van der Waals surface area contributed by atoms with Crippen molar-refractivity contribution in [2.75, 3.05) is 13.2 Å². The van der Waals surface area contributed by atoms with E-state index in [2.05, 4.69) is 20.4 Å². The number of hydrogen-bond acceptors (Lipinski definition) is 1. The van der Waals surface area contributed by atoms with Crippen molar-refractivity contribution in [3.8, 4) is 0 Å². The lowest BCUT2D eigenvalue weighted by atomic mass is 10.0. The Labute approximate surface area is 121 Å². The van der Waals surface area contributed by atoms with Gasteiger partial charge in [0.15, 0.2) is 0 Å². The van der Waals surface area contributed by atoms with Crippen molar-refractivity contribution in [3.05, 3.63) is 12.7 Å². The molecule has 0 amide bonds. The zero-order valence-electron chi connectivity index (χ0n) is 13.5. The summed E-state index contributed by atoms with van der Waals surface area (Å²) in [6.07, 6.45) is 17.2. The summed E-state index contributed by atoms with van der Waals surface area (Å²) >= 11 is 0. The van der Waals surface area contributed by atoms with Crippen molar-refractivity contribution >= 4 is 0 Å². The van der Waals surface area contributed by atoms with Crippen LogP contribution >= 0.6 is 0 Å². The van der Waals surface area contributed by atoms with E-state index in [1.165, 1.54) is 70.6 Å². The van der Waals surface area contributed by atoms with Gasteiger partial charge in [-0.05, 0) is 12.3 Å². The van der Waals surface area contributed by atoms with Crippen LogP contribution in [-0.4, -0.2) is 13.2 Å². The van der Waals surface area contributed by atoms with E-state index in [0.717, 1.165) is 12.5 Å². The second kappa shape index (κ2) is 15.8. The van der Waals surface area contributed by atoms with E-state index in [1.54, 1.807) is 0 Å². The van der Waals surface area contributed by atoms with Gasteiger partial charge in [-0.25, -0.2) is 0 Å². The second-order valence-electron chi connectivity index (χ2n) is 6.08. The summed E-state index contributed by atoms with van der Waals surface area (Å²) in [6.45, 7) is 9.89. The normalized spacial score (nSPS) is 11.1. The van der Waals surface area contributed by atoms with Gasteiger partial charge in [-0.3, -0.25) is 0 Å². The average molecular weight is 268 g/mol. The lowest BCUT2D eigenvalue weighted by Crippen LogP contribution is -1.93. The maximum atomic E-state index is 5.36. The van der Waals surface area contributed by atoms with Gasteiger partial charge >= 0.3 is 0 Å². The van der Waals surface area contributed by atoms with Crippen LogP contribution in [-0.2, 0) is 4.74 Å². The van der Waals surface area contributed by atoms with Gasteiger partial charge < -0.3 is 4.74 Å². The Balaban J connectivity index is 2.93. The molecule has 0 saturated heterocycles. The van der Waals surface area contributed by atoms with Gasteiger partial charge in [-0.2, -0.15) is 0 Å². The molecule has 0 aliphatic heterocycles. The third kappa shape index (κ3) is 17.7. The number of hydrogen-bond donors (Lipinski definition) is 0. The first kappa shape index (κ1) is 18.7. The number of unbranched alkanes of at least 4 members (excludes halogenated alkanes) is 9. The molecular weight excluding hydrogens is 232 g/mol. The highest BCUT2D eigenvalue weighted by Gasteiger charge is 1.95. The molecule has 0 aliphatic carbocycles. The van der Waals surface area contributed by atoms with E-state index in [1.807, 2.05) is 6.08 Å². The predicted molar refractivity (Wildman–Crippen MR) is 86.6 cm³/mol. The Morgan fingerprint density at radius 2 is 1.26 bits per heavy atom. The monoisotopic (exact) mass is 268 g/mol. The summed E-state index contributed by atoms with van der Waals surface area (Å²) in [4.78, 5) is 0. The quantitative estimate of drug-likeness (QED) is 0.256. The number of rotatable bonds is 15. The van der Waals surface area contributed by atoms with Crippen LogP contribution in [0.15, 0.2) is 12.7 Å². The van der Waals surface area contributed by atoms with Crippen molar-refractivity contribution < 1.29 is 4.74 Å². The zero-order valence-corrected chi connectivity index (χ0v) is 13.5. The SMILES string of the molecule is C=CCOCCCCCCCCCCCCC(C)C. The molecule has 0 heterocycles. The van der Waals surface area contributed by atoms with Gasteiger partial charge in [-0.1, -0.05) is 84.1 Å². The van der Waals surface area contributed by atoms with Gasteiger partial charge in [0, 0.05) is 6.61 Å². The van der Waals surface area contributed by atoms with Crippen molar-refractivity contribution in [1.82, 2.24) is 0 Å². The van der Waals surface area contributed by atoms with Crippen LogP contribution in [0.4, 0.5) is 0 Å². The number of ether oxygens (including phenoxy) is 1. The third-order valence-electron chi connectivity index (χ3n) is 3.56. The molecule has 0 atom stereocenters. The minimum atomic E-state index is 0.705. The standard InChI is InChI=1S/C18H36O/c1-4-16-19-17-14-12-10-8-6-5-7-9-11-13-15-18(2)3/h4,18H,1,5-17H2,2-3H3. The van der Waals surface area contributed by atoms with Gasteiger partial charge in [0.25, 0.3) is 0 Å². The smallest absolute Gasteiger partial charge is 0.0644 e. The summed E-state index contributed by atoms with van der Waals surface area (Å²) in [6, 6.07) is 0. The third-order valence-corrected chi connectivity index (χ3v) is 3.56. The van der Waals surface area contributed by atoms with E-state index in [0.29, 0.717) is 6.61 Å². The first-order chi connectivity index (χ1) is 9.27. The van der Waals surface area contributed by atoms with E-state index >= 15 is 0 Å². The first-order valence-corrected chi connectivity index (χ1v) is 8.46. The van der Waals surface area contributed by atoms with Crippen molar-refractivity contribution in [2.24, 2.45) is 5.92 Å². The average Bonchev–Trinajstić information content (AvgIpc) is 2.39. The van der Waals surface area contributed by atoms with E-state index in [-0.39, 0.29) is 0 Å². The fourth-order valence-electron chi connectivity index (χ4n) is 2.34. The molecule has 0 aliphatic rings. The van der Waals surface area contributed by atoms with Crippen LogP contribution in [0.25, 0.3) is 0 Å². The molecule has 0 aromatic heterocycles. The molecule has 0 spiro atoms. The van der Waals surface area contributed by atoms with Crippen LogP contribution in [0.1, 0.15) is 84.5 Å². The highest BCUT2D eigenvalue weighted by molar-refractivity contribution is 4.63. The molecule has 0 saturated carbocycles. The fourth-order valence-corrected chi connectivity index (χ4v) is 2.34. The van der Waals surface area contributed by atoms with Crippen LogP contribution in [0.2, 0.25) is 0 Å². The van der Waals surface area contributed by atoms with E-state index in [9.17, 15) is 0 Å². The van der Waals surface area contributed by atoms with Gasteiger partial charge in [-0.15, -0.1) is 6.58 Å². The molecule has 1 nitrogen and oxygen atoms in total. The maximum absolute atomic E-state index is 5.36.